The third-order valence-electron chi connectivity index (χ3n) is 4.43. The minimum absolute atomic E-state index is 0.0145. The number of phenols is 1. The summed E-state index contributed by atoms with van der Waals surface area (Å²) < 4.78 is 0. The second-order valence-electron chi connectivity index (χ2n) is 6.89. The zero-order valence-electron chi connectivity index (χ0n) is 14.5. The number of carbonyl (C=O) groups is 2. The zero-order chi connectivity index (χ0) is 17.3. The molecule has 0 saturated carbocycles. The van der Waals surface area contributed by atoms with Gasteiger partial charge < -0.3 is 15.3 Å². The molecule has 0 aliphatic carbocycles. The fraction of sp³-hybridized carbons (Fsp3) is 0.556. The van der Waals surface area contributed by atoms with Gasteiger partial charge in [-0.3, -0.25) is 9.59 Å². The maximum absolute atomic E-state index is 12.6. The van der Waals surface area contributed by atoms with Crippen LogP contribution < -0.4 is 5.32 Å². The number of likely N-dealkylation sites (N-methyl/N-ethyl adjacent to an activating group) is 1. The number of hydrogen-bond donors (Lipinski definition) is 2. The number of amides is 2. The van der Waals surface area contributed by atoms with Gasteiger partial charge in [-0.25, -0.2) is 0 Å². The summed E-state index contributed by atoms with van der Waals surface area (Å²) in [6, 6.07) is 3.18. The van der Waals surface area contributed by atoms with Crippen LogP contribution in [0, 0.1) is 0 Å². The van der Waals surface area contributed by atoms with Gasteiger partial charge in [-0.15, -0.1) is 0 Å². The first-order valence-electron chi connectivity index (χ1n) is 8.15. The van der Waals surface area contributed by atoms with Crippen molar-refractivity contribution in [1.82, 2.24) is 10.2 Å². The molecule has 0 radical (unpaired) electrons. The summed E-state index contributed by atoms with van der Waals surface area (Å²) in [5.41, 5.74) is 2.02. The third kappa shape index (κ3) is 3.49. The van der Waals surface area contributed by atoms with E-state index in [2.05, 4.69) is 5.32 Å². The molecule has 1 fully saturated rings. The minimum Gasteiger partial charge on any atom is -0.507 e. The van der Waals surface area contributed by atoms with Crippen molar-refractivity contribution >= 4 is 11.8 Å². The SMILES string of the molecule is CC(C)c1cc(C(=O)NC2CCN(C)C2=O)c(O)c(C(C)C)c1. The van der Waals surface area contributed by atoms with Gasteiger partial charge in [0.2, 0.25) is 5.91 Å². The van der Waals surface area contributed by atoms with Crippen LogP contribution >= 0.6 is 0 Å². The van der Waals surface area contributed by atoms with E-state index in [4.69, 9.17) is 0 Å². The maximum atomic E-state index is 12.6. The number of likely N-dealkylation sites (tertiary alicyclic amines) is 1. The monoisotopic (exact) mass is 318 g/mol. The van der Waals surface area contributed by atoms with Crippen molar-refractivity contribution in [2.75, 3.05) is 13.6 Å². The highest BCUT2D eigenvalue weighted by atomic mass is 16.3. The first-order valence-corrected chi connectivity index (χ1v) is 8.15. The van der Waals surface area contributed by atoms with Gasteiger partial charge in [0.25, 0.3) is 5.91 Å². The highest BCUT2D eigenvalue weighted by Gasteiger charge is 2.31. The van der Waals surface area contributed by atoms with Crippen molar-refractivity contribution in [1.29, 1.82) is 0 Å². The minimum atomic E-state index is -0.503. The summed E-state index contributed by atoms with van der Waals surface area (Å²) >= 11 is 0. The second-order valence-corrected chi connectivity index (χ2v) is 6.89. The number of aromatic hydroxyl groups is 1. The molecule has 23 heavy (non-hydrogen) atoms. The van der Waals surface area contributed by atoms with Crippen LogP contribution in [0.15, 0.2) is 12.1 Å². The molecule has 1 aromatic carbocycles. The van der Waals surface area contributed by atoms with E-state index in [1.807, 2.05) is 33.8 Å². The van der Waals surface area contributed by atoms with Gasteiger partial charge in [-0.05, 0) is 35.4 Å². The van der Waals surface area contributed by atoms with E-state index in [9.17, 15) is 14.7 Å². The van der Waals surface area contributed by atoms with Gasteiger partial charge in [0, 0.05) is 13.6 Å². The molecule has 2 rings (SSSR count). The zero-order valence-corrected chi connectivity index (χ0v) is 14.5. The molecule has 126 valence electrons. The van der Waals surface area contributed by atoms with E-state index in [-0.39, 0.29) is 35.0 Å². The summed E-state index contributed by atoms with van der Waals surface area (Å²) in [5.74, 6) is -0.0958. The maximum Gasteiger partial charge on any atom is 0.255 e. The Morgan fingerprint density at radius 3 is 2.39 bits per heavy atom. The molecule has 0 bridgehead atoms. The lowest BCUT2D eigenvalue weighted by Crippen LogP contribution is -2.40. The average Bonchev–Trinajstić information content (AvgIpc) is 2.78. The van der Waals surface area contributed by atoms with E-state index in [0.29, 0.717) is 13.0 Å². The Hall–Kier alpha value is -2.04. The molecular formula is C18H26N2O3. The Morgan fingerprint density at radius 1 is 1.26 bits per heavy atom. The van der Waals surface area contributed by atoms with E-state index in [0.717, 1.165) is 11.1 Å². The molecule has 2 N–H and O–H groups in total. The predicted octanol–water partition coefficient (Wildman–Crippen LogP) is 2.60. The Labute approximate surface area is 137 Å². The van der Waals surface area contributed by atoms with Crippen molar-refractivity contribution in [2.24, 2.45) is 0 Å². The van der Waals surface area contributed by atoms with Crippen LogP contribution in [0.5, 0.6) is 5.75 Å². The molecule has 0 aromatic heterocycles. The summed E-state index contributed by atoms with van der Waals surface area (Å²) in [6.07, 6.45) is 0.600. The third-order valence-corrected chi connectivity index (χ3v) is 4.43. The number of nitrogens with one attached hydrogen (secondary N) is 1. The quantitative estimate of drug-likeness (QED) is 0.896. The molecule has 1 unspecified atom stereocenters. The summed E-state index contributed by atoms with van der Waals surface area (Å²) in [6.45, 7) is 8.70. The van der Waals surface area contributed by atoms with Crippen molar-refractivity contribution in [3.05, 3.63) is 28.8 Å². The standard InChI is InChI=1S/C18H26N2O3/c1-10(2)12-8-13(11(3)4)16(21)14(9-12)17(22)19-15-6-7-20(5)18(15)23/h8-11,15,21H,6-7H2,1-5H3,(H,19,22). The summed E-state index contributed by atoms with van der Waals surface area (Å²) in [5, 5.41) is 13.2. The first-order chi connectivity index (χ1) is 10.7. The van der Waals surface area contributed by atoms with Gasteiger partial charge in [0.15, 0.2) is 0 Å². The molecular weight excluding hydrogens is 292 g/mol. The number of phenolic OH excluding ortho intramolecular Hbond substituents is 1. The largest absolute Gasteiger partial charge is 0.507 e. The van der Waals surface area contributed by atoms with Gasteiger partial charge in [0.1, 0.15) is 11.8 Å². The lowest BCUT2D eigenvalue weighted by molar-refractivity contribution is -0.128. The van der Waals surface area contributed by atoms with Crippen molar-refractivity contribution in [2.45, 2.75) is 52.0 Å². The fourth-order valence-corrected chi connectivity index (χ4v) is 2.82. The topological polar surface area (TPSA) is 69.6 Å². The highest BCUT2D eigenvalue weighted by Crippen LogP contribution is 2.33. The second kappa shape index (κ2) is 6.60. The van der Waals surface area contributed by atoms with E-state index in [1.165, 1.54) is 0 Å². The van der Waals surface area contributed by atoms with Crippen LogP contribution in [0.25, 0.3) is 0 Å². The molecule has 2 amide bonds. The Morgan fingerprint density at radius 2 is 1.91 bits per heavy atom. The summed E-state index contributed by atoms with van der Waals surface area (Å²) in [4.78, 5) is 26.1. The van der Waals surface area contributed by atoms with E-state index in [1.54, 1.807) is 18.0 Å². The lowest BCUT2D eigenvalue weighted by Gasteiger charge is -2.18. The lowest BCUT2D eigenvalue weighted by atomic mass is 9.91. The number of nitrogens with zero attached hydrogens (tertiary/aromatic N) is 1. The Balaban J connectivity index is 2.34. The molecule has 5 heteroatoms. The normalized spacial score (nSPS) is 18.1. The van der Waals surface area contributed by atoms with Crippen LogP contribution in [-0.4, -0.2) is 41.5 Å². The van der Waals surface area contributed by atoms with Crippen LogP contribution in [0.4, 0.5) is 0 Å². The van der Waals surface area contributed by atoms with Crippen molar-refractivity contribution in [3.63, 3.8) is 0 Å². The molecule has 1 heterocycles. The summed E-state index contributed by atoms with van der Waals surface area (Å²) in [7, 11) is 1.72. The first kappa shape index (κ1) is 17.3. The van der Waals surface area contributed by atoms with E-state index < -0.39 is 6.04 Å². The number of benzene rings is 1. The van der Waals surface area contributed by atoms with Gasteiger partial charge in [-0.1, -0.05) is 33.8 Å². The Bertz CT molecular complexity index is 623. The van der Waals surface area contributed by atoms with Crippen molar-refractivity contribution < 1.29 is 14.7 Å². The van der Waals surface area contributed by atoms with Crippen LogP contribution in [0.2, 0.25) is 0 Å². The number of carbonyl (C=O) groups excluding carboxylic acids is 2. The fourth-order valence-electron chi connectivity index (χ4n) is 2.82. The smallest absolute Gasteiger partial charge is 0.255 e. The Kier molecular flexibility index (Phi) is 4.97. The molecule has 1 aliphatic heterocycles. The van der Waals surface area contributed by atoms with Gasteiger partial charge in [-0.2, -0.15) is 0 Å². The van der Waals surface area contributed by atoms with Crippen LogP contribution in [0.1, 0.15) is 67.4 Å². The predicted molar refractivity (Wildman–Crippen MR) is 89.8 cm³/mol. The van der Waals surface area contributed by atoms with Crippen LogP contribution in [-0.2, 0) is 4.79 Å². The molecule has 1 aliphatic rings. The molecule has 1 atom stereocenters. The number of rotatable bonds is 4. The molecule has 5 nitrogen and oxygen atoms in total. The van der Waals surface area contributed by atoms with Gasteiger partial charge in [0.05, 0.1) is 5.56 Å². The molecule has 1 saturated heterocycles. The highest BCUT2D eigenvalue weighted by molar-refractivity contribution is 6.00. The van der Waals surface area contributed by atoms with Crippen molar-refractivity contribution in [3.8, 4) is 5.75 Å². The molecule has 0 spiro atoms. The number of hydrogen-bond acceptors (Lipinski definition) is 3. The van der Waals surface area contributed by atoms with E-state index >= 15 is 0 Å². The molecule has 1 aromatic rings. The van der Waals surface area contributed by atoms with Crippen LogP contribution in [0.3, 0.4) is 0 Å². The average molecular weight is 318 g/mol. The van der Waals surface area contributed by atoms with Gasteiger partial charge >= 0.3 is 0 Å².